The van der Waals surface area contributed by atoms with E-state index in [1.807, 2.05) is 12.1 Å². The average Bonchev–Trinajstić information content (AvgIpc) is 3.24. The molecular weight excluding hydrogens is 480 g/mol. The van der Waals surface area contributed by atoms with E-state index in [-0.39, 0.29) is 0 Å². The van der Waals surface area contributed by atoms with Crippen LogP contribution in [0.5, 0.6) is 5.75 Å². The van der Waals surface area contributed by atoms with Crippen molar-refractivity contribution < 1.29 is 9.47 Å². The minimum atomic E-state index is 0.378. The topological polar surface area (TPSA) is 70.5 Å². The van der Waals surface area contributed by atoms with Crippen LogP contribution in [0.1, 0.15) is 112 Å². The first-order chi connectivity index (χ1) is 18.6. The predicted molar refractivity (Wildman–Crippen MR) is 164 cm³/mol. The fraction of sp³-hybridized carbons (Fsp3) is 0.829. The minimum Gasteiger partial charge on any atom is -0.489 e. The van der Waals surface area contributed by atoms with Crippen molar-refractivity contribution in [1.82, 2.24) is 0 Å². The van der Waals surface area contributed by atoms with Gasteiger partial charge in [-0.25, -0.2) is 0 Å². The van der Waals surface area contributed by atoms with Crippen LogP contribution in [0, 0.1) is 52.3 Å². The molecule has 1 aromatic rings. The van der Waals surface area contributed by atoms with Gasteiger partial charge in [0.05, 0.1) is 18.4 Å². The van der Waals surface area contributed by atoms with E-state index in [1.165, 1.54) is 77.0 Å². The van der Waals surface area contributed by atoms with E-state index in [9.17, 15) is 0 Å². The Morgan fingerprint density at radius 3 is 2.41 bits per heavy atom. The van der Waals surface area contributed by atoms with Crippen molar-refractivity contribution in [3.63, 3.8) is 0 Å². The molecule has 0 spiro atoms. The van der Waals surface area contributed by atoms with E-state index in [2.05, 4.69) is 34.6 Å². The molecule has 4 fully saturated rings. The molecule has 4 nitrogen and oxygen atoms in total. The molecule has 9 unspecified atom stereocenters. The summed E-state index contributed by atoms with van der Waals surface area (Å²) in [6, 6.07) is 5.44. The van der Waals surface area contributed by atoms with Crippen molar-refractivity contribution >= 4 is 11.4 Å². The zero-order chi connectivity index (χ0) is 27.8. The van der Waals surface area contributed by atoms with Gasteiger partial charge in [0.2, 0.25) is 0 Å². The average molecular weight is 539 g/mol. The Balaban J connectivity index is 1.13. The Labute approximate surface area is 239 Å². The second-order valence-electron chi connectivity index (χ2n) is 15.1. The van der Waals surface area contributed by atoms with Crippen LogP contribution in [0.3, 0.4) is 0 Å². The molecule has 9 atom stereocenters. The maximum atomic E-state index is 6.38. The van der Waals surface area contributed by atoms with Gasteiger partial charge in [-0.05, 0) is 128 Å². The first kappa shape index (κ1) is 29.1. The van der Waals surface area contributed by atoms with E-state index in [4.69, 9.17) is 20.9 Å². The second kappa shape index (κ2) is 11.8. The van der Waals surface area contributed by atoms with Gasteiger partial charge in [-0.2, -0.15) is 0 Å². The van der Waals surface area contributed by atoms with Crippen LogP contribution in [-0.2, 0) is 4.74 Å². The second-order valence-corrected chi connectivity index (χ2v) is 15.1. The van der Waals surface area contributed by atoms with Gasteiger partial charge < -0.3 is 20.9 Å². The van der Waals surface area contributed by atoms with Crippen molar-refractivity contribution in [2.75, 3.05) is 24.7 Å². The summed E-state index contributed by atoms with van der Waals surface area (Å²) in [5, 5.41) is 0. The van der Waals surface area contributed by atoms with E-state index >= 15 is 0 Å². The lowest BCUT2D eigenvalue weighted by atomic mass is 9.44. The van der Waals surface area contributed by atoms with Gasteiger partial charge in [0.1, 0.15) is 12.4 Å². The van der Waals surface area contributed by atoms with Crippen LogP contribution in [-0.4, -0.2) is 19.3 Å². The Hall–Kier alpha value is -1.42. The summed E-state index contributed by atoms with van der Waals surface area (Å²) in [5.74, 6) is 7.09. The third kappa shape index (κ3) is 5.84. The highest BCUT2D eigenvalue weighted by Crippen LogP contribution is 2.68. The zero-order valence-electron chi connectivity index (χ0n) is 25.7. The van der Waals surface area contributed by atoms with Gasteiger partial charge in [0.25, 0.3) is 0 Å². The summed E-state index contributed by atoms with van der Waals surface area (Å²) >= 11 is 0. The molecule has 0 heterocycles. The maximum absolute atomic E-state index is 6.38. The van der Waals surface area contributed by atoms with Gasteiger partial charge in [0.15, 0.2) is 0 Å². The Morgan fingerprint density at radius 2 is 1.64 bits per heavy atom. The van der Waals surface area contributed by atoms with E-state index in [1.54, 1.807) is 6.07 Å². The van der Waals surface area contributed by atoms with E-state index in [0.29, 0.717) is 47.3 Å². The van der Waals surface area contributed by atoms with Crippen molar-refractivity contribution in [3.05, 3.63) is 18.2 Å². The van der Waals surface area contributed by atoms with Gasteiger partial charge in [-0.1, -0.05) is 53.9 Å². The quantitative estimate of drug-likeness (QED) is 0.231. The number of hydrogen-bond donors (Lipinski definition) is 2. The molecule has 0 aliphatic heterocycles. The molecular formula is C35H58N2O2. The zero-order valence-corrected chi connectivity index (χ0v) is 25.7. The van der Waals surface area contributed by atoms with Gasteiger partial charge in [0, 0.05) is 5.69 Å². The molecule has 220 valence electrons. The van der Waals surface area contributed by atoms with Crippen LogP contribution >= 0.6 is 0 Å². The molecule has 0 saturated heterocycles. The monoisotopic (exact) mass is 538 g/mol. The Morgan fingerprint density at radius 1 is 0.872 bits per heavy atom. The van der Waals surface area contributed by atoms with Gasteiger partial charge >= 0.3 is 0 Å². The van der Waals surface area contributed by atoms with Crippen molar-refractivity contribution in [2.45, 2.75) is 118 Å². The van der Waals surface area contributed by atoms with Crippen molar-refractivity contribution in [3.8, 4) is 5.75 Å². The number of fused-ring (bicyclic) bond motifs is 5. The third-order valence-electron chi connectivity index (χ3n) is 12.5. The molecule has 4 aliphatic rings. The largest absolute Gasteiger partial charge is 0.489 e. The molecule has 0 amide bonds. The third-order valence-corrected chi connectivity index (χ3v) is 12.5. The molecule has 4 aliphatic carbocycles. The molecule has 5 rings (SSSR count). The highest BCUT2D eigenvalue weighted by atomic mass is 16.5. The summed E-state index contributed by atoms with van der Waals surface area (Å²) in [7, 11) is 0. The number of rotatable bonds is 10. The predicted octanol–water partition coefficient (Wildman–Crippen LogP) is 8.74. The minimum absolute atomic E-state index is 0.378. The van der Waals surface area contributed by atoms with Crippen LogP contribution in [0.25, 0.3) is 0 Å². The molecule has 0 radical (unpaired) electrons. The lowest BCUT2D eigenvalue weighted by molar-refractivity contribution is -0.137. The molecule has 39 heavy (non-hydrogen) atoms. The number of nitrogens with two attached hydrogens (primary N) is 2. The van der Waals surface area contributed by atoms with Crippen LogP contribution < -0.4 is 16.2 Å². The number of hydrogen-bond acceptors (Lipinski definition) is 4. The van der Waals surface area contributed by atoms with E-state index in [0.717, 1.165) is 41.4 Å². The maximum Gasteiger partial charge on any atom is 0.142 e. The smallest absolute Gasteiger partial charge is 0.142 e. The normalized spacial score (nSPS) is 38.6. The molecule has 4 saturated carbocycles. The number of benzene rings is 1. The molecule has 4 heteroatoms. The SMILES string of the molecule is CC(C)CCCC(C)C1CCC2C3CCC4CC(OCCOc5ccc(N)cc5N)CCC4(C)C3CCC12C. The highest BCUT2D eigenvalue weighted by Gasteiger charge is 2.60. The van der Waals surface area contributed by atoms with Crippen LogP contribution in [0.15, 0.2) is 18.2 Å². The van der Waals surface area contributed by atoms with Crippen LogP contribution in [0.2, 0.25) is 0 Å². The number of nitrogen functional groups attached to an aromatic ring is 2. The fourth-order valence-corrected chi connectivity index (χ4v) is 10.5. The molecule has 0 bridgehead atoms. The van der Waals surface area contributed by atoms with Gasteiger partial charge in [-0.3, -0.25) is 0 Å². The Kier molecular flexibility index (Phi) is 8.82. The summed E-state index contributed by atoms with van der Waals surface area (Å²) in [6.07, 6.45) is 17.3. The highest BCUT2D eigenvalue weighted by molar-refractivity contribution is 5.60. The van der Waals surface area contributed by atoms with Crippen molar-refractivity contribution in [2.24, 2.45) is 52.3 Å². The van der Waals surface area contributed by atoms with Gasteiger partial charge in [-0.15, -0.1) is 0 Å². The number of anilines is 2. The standard InChI is InChI=1S/C35H58N2O2/c1-23(2)7-6-8-24(3)29-12-13-30-28-11-9-25-21-27(15-17-34(25,4)31(28)16-18-35(29,30)5)38-19-20-39-33-14-10-26(36)22-32(33)37/h10,14,22-25,27-31H,6-9,11-13,15-21,36-37H2,1-5H3. The number of ether oxygens (including phenoxy) is 2. The van der Waals surface area contributed by atoms with Crippen LogP contribution in [0.4, 0.5) is 11.4 Å². The molecule has 4 N–H and O–H groups in total. The summed E-state index contributed by atoms with van der Waals surface area (Å²) in [4.78, 5) is 0. The van der Waals surface area contributed by atoms with E-state index < -0.39 is 0 Å². The van der Waals surface area contributed by atoms with Crippen molar-refractivity contribution in [1.29, 1.82) is 0 Å². The molecule has 1 aromatic carbocycles. The molecule has 0 aromatic heterocycles. The first-order valence-corrected chi connectivity index (χ1v) is 16.5. The lowest BCUT2D eigenvalue weighted by Gasteiger charge is -2.61. The summed E-state index contributed by atoms with van der Waals surface area (Å²) in [6.45, 7) is 13.9. The summed E-state index contributed by atoms with van der Waals surface area (Å²) < 4.78 is 12.3. The Bertz CT molecular complexity index is 964. The lowest BCUT2D eigenvalue weighted by Crippen LogP contribution is -2.54. The summed E-state index contributed by atoms with van der Waals surface area (Å²) in [5.41, 5.74) is 14.2. The fourth-order valence-electron chi connectivity index (χ4n) is 10.5. The first-order valence-electron chi connectivity index (χ1n) is 16.5.